The van der Waals surface area contributed by atoms with Gasteiger partial charge in [0, 0.05) is 11.1 Å². The largest absolute Gasteiger partial charge is 0.298 e. The number of aryl methyl sites for hydroxylation is 1. The molecule has 0 amide bonds. The molecule has 0 bridgehead atoms. The van der Waals surface area contributed by atoms with Crippen LogP contribution in [0.4, 0.5) is 4.39 Å². The molecular formula is C14H10ClFO. The molecule has 0 aliphatic carbocycles. The van der Waals surface area contributed by atoms with E-state index in [4.69, 9.17) is 11.6 Å². The lowest BCUT2D eigenvalue weighted by atomic mass is 9.98. The minimum Gasteiger partial charge on any atom is -0.298 e. The van der Waals surface area contributed by atoms with Crippen molar-refractivity contribution in [2.75, 3.05) is 0 Å². The topological polar surface area (TPSA) is 17.1 Å². The summed E-state index contributed by atoms with van der Waals surface area (Å²) in [6.45, 7) is 1.88. The van der Waals surface area contributed by atoms with Crippen LogP contribution in [-0.2, 0) is 0 Å². The molecule has 86 valence electrons. The summed E-state index contributed by atoms with van der Waals surface area (Å²) in [5.41, 5.74) is 2.33. The quantitative estimate of drug-likeness (QED) is 0.726. The third-order valence-electron chi connectivity index (χ3n) is 2.58. The molecule has 17 heavy (non-hydrogen) atoms. The first-order valence-electron chi connectivity index (χ1n) is 5.13. The minimum absolute atomic E-state index is 0.0555. The van der Waals surface area contributed by atoms with Crippen molar-refractivity contribution in [1.82, 2.24) is 0 Å². The number of aldehydes is 1. The Balaban J connectivity index is 2.68. The van der Waals surface area contributed by atoms with E-state index in [1.807, 2.05) is 13.0 Å². The summed E-state index contributed by atoms with van der Waals surface area (Å²) < 4.78 is 13.9. The lowest BCUT2D eigenvalue weighted by Crippen LogP contribution is -1.92. The number of carbonyl (C=O) groups is 1. The Labute approximate surface area is 104 Å². The molecule has 0 aromatic heterocycles. The Bertz CT molecular complexity index is 578. The fourth-order valence-corrected chi connectivity index (χ4v) is 1.91. The summed E-state index contributed by atoms with van der Waals surface area (Å²) in [4.78, 5) is 11.0. The van der Waals surface area contributed by atoms with Crippen molar-refractivity contribution in [3.63, 3.8) is 0 Å². The molecule has 2 rings (SSSR count). The average Bonchev–Trinajstić information content (AvgIpc) is 2.33. The van der Waals surface area contributed by atoms with Crippen molar-refractivity contribution in [3.8, 4) is 11.1 Å². The summed E-state index contributed by atoms with van der Waals surface area (Å²) in [7, 11) is 0. The van der Waals surface area contributed by atoms with Gasteiger partial charge in [0.2, 0.25) is 0 Å². The zero-order chi connectivity index (χ0) is 12.4. The maximum atomic E-state index is 13.9. The SMILES string of the molecule is Cc1ccc(-c2cccc(Cl)c2F)c(C=O)c1. The summed E-state index contributed by atoms with van der Waals surface area (Å²) in [5.74, 6) is -0.499. The molecular weight excluding hydrogens is 239 g/mol. The van der Waals surface area contributed by atoms with Crippen molar-refractivity contribution in [3.05, 3.63) is 58.4 Å². The number of benzene rings is 2. The lowest BCUT2D eigenvalue weighted by molar-refractivity contribution is 0.112. The van der Waals surface area contributed by atoms with E-state index in [2.05, 4.69) is 0 Å². The molecule has 0 aliphatic rings. The predicted molar refractivity (Wildman–Crippen MR) is 67.0 cm³/mol. The van der Waals surface area contributed by atoms with E-state index < -0.39 is 5.82 Å². The average molecular weight is 249 g/mol. The molecule has 0 unspecified atom stereocenters. The molecule has 0 atom stereocenters. The summed E-state index contributed by atoms with van der Waals surface area (Å²) in [6, 6.07) is 10.0. The van der Waals surface area contributed by atoms with Gasteiger partial charge in [0.05, 0.1) is 5.02 Å². The molecule has 0 saturated carbocycles. The maximum absolute atomic E-state index is 13.9. The molecule has 1 nitrogen and oxygen atoms in total. The molecule has 3 heteroatoms. The van der Waals surface area contributed by atoms with E-state index >= 15 is 0 Å². The summed E-state index contributed by atoms with van der Waals surface area (Å²) in [6.07, 6.45) is 0.725. The van der Waals surface area contributed by atoms with Crippen molar-refractivity contribution >= 4 is 17.9 Å². The molecule has 0 saturated heterocycles. The molecule has 0 heterocycles. The second-order valence-electron chi connectivity index (χ2n) is 3.81. The van der Waals surface area contributed by atoms with Crippen LogP contribution in [0.25, 0.3) is 11.1 Å². The molecule has 0 fully saturated rings. The van der Waals surface area contributed by atoms with Gasteiger partial charge in [-0.25, -0.2) is 4.39 Å². The number of halogens is 2. The summed E-state index contributed by atoms with van der Waals surface area (Å²) in [5, 5.41) is 0.0555. The second-order valence-corrected chi connectivity index (χ2v) is 4.22. The zero-order valence-electron chi connectivity index (χ0n) is 9.21. The highest BCUT2D eigenvalue weighted by molar-refractivity contribution is 6.31. The highest BCUT2D eigenvalue weighted by Crippen LogP contribution is 2.29. The van der Waals surface area contributed by atoms with Crippen molar-refractivity contribution in [2.45, 2.75) is 6.92 Å². The van der Waals surface area contributed by atoms with Gasteiger partial charge < -0.3 is 0 Å². The predicted octanol–water partition coefficient (Wildman–Crippen LogP) is 4.27. The first kappa shape index (κ1) is 11.8. The van der Waals surface area contributed by atoms with Crippen LogP contribution >= 0.6 is 11.6 Å². The van der Waals surface area contributed by atoms with Crippen molar-refractivity contribution in [2.24, 2.45) is 0 Å². The van der Waals surface area contributed by atoms with E-state index in [1.54, 1.807) is 24.3 Å². The maximum Gasteiger partial charge on any atom is 0.150 e. The van der Waals surface area contributed by atoms with E-state index in [1.165, 1.54) is 6.07 Å². The minimum atomic E-state index is -0.499. The Hall–Kier alpha value is -1.67. The van der Waals surface area contributed by atoms with Crippen LogP contribution < -0.4 is 0 Å². The normalized spacial score (nSPS) is 10.3. The van der Waals surface area contributed by atoms with E-state index in [-0.39, 0.29) is 5.02 Å². The van der Waals surface area contributed by atoms with Gasteiger partial charge in [-0.05, 0) is 24.6 Å². The molecule has 0 radical (unpaired) electrons. The Morgan fingerprint density at radius 2 is 1.94 bits per heavy atom. The lowest BCUT2D eigenvalue weighted by Gasteiger charge is -2.08. The molecule has 0 spiro atoms. The standard InChI is InChI=1S/C14H10ClFO/c1-9-5-6-11(10(7-9)8-17)12-3-2-4-13(15)14(12)16/h2-8H,1H3. The van der Waals surface area contributed by atoms with E-state index in [0.717, 1.165) is 11.8 Å². The van der Waals surface area contributed by atoms with Gasteiger partial charge in [0.15, 0.2) is 6.29 Å². The smallest absolute Gasteiger partial charge is 0.150 e. The number of hydrogen-bond acceptors (Lipinski definition) is 1. The van der Waals surface area contributed by atoms with Gasteiger partial charge in [0.1, 0.15) is 5.82 Å². The number of rotatable bonds is 2. The zero-order valence-corrected chi connectivity index (χ0v) is 9.96. The van der Waals surface area contributed by atoms with Gasteiger partial charge in [-0.1, -0.05) is 41.4 Å². The Morgan fingerprint density at radius 1 is 1.18 bits per heavy atom. The van der Waals surface area contributed by atoms with Gasteiger partial charge >= 0.3 is 0 Å². The fourth-order valence-electron chi connectivity index (χ4n) is 1.74. The van der Waals surface area contributed by atoms with Gasteiger partial charge in [-0.15, -0.1) is 0 Å². The number of carbonyl (C=O) groups excluding carboxylic acids is 1. The van der Waals surface area contributed by atoms with Crippen LogP contribution in [0.5, 0.6) is 0 Å². The van der Waals surface area contributed by atoms with Gasteiger partial charge in [-0.3, -0.25) is 4.79 Å². The second kappa shape index (κ2) is 4.68. The van der Waals surface area contributed by atoms with Crippen molar-refractivity contribution in [1.29, 1.82) is 0 Å². The van der Waals surface area contributed by atoms with Crippen LogP contribution in [0.2, 0.25) is 5.02 Å². The number of hydrogen-bond donors (Lipinski definition) is 0. The Kier molecular flexibility index (Phi) is 3.25. The van der Waals surface area contributed by atoms with Crippen LogP contribution in [0.1, 0.15) is 15.9 Å². The fraction of sp³-hybridized carbons (Fsp3) is 0.0714. The first-order chi connectivity index (χ1) is 8.13. The van der Waals surface area contributed by atoms with E-state index in [0.29, 0.717) is 16.7 Å². The third kappa shape index (κ3) is 2.22. The molecule has 0 aliphatic heterocycles. The molecule has 2 aromatic carbocycles. The summed E-state index contributed by atoms with van der Waals surface area (Å²) >= 11 is 5.73. The van der Waals surface area contributed by atoms with E-state index in [9.17, 15) is 9.18 Å². The van der Waals surface area contributed by atoms with Crippen LogP contribution in [-0.4, -0.2) is 6.29 Å². The van der Waals surface area contributed by atoms with Gasteiger partial charge in [0.25, 0.3) is 0 Å². The molecule has 2 aromatic rings. The highest BCUT2D eigenvalue weighted by Gasteiger charge is 2.11. The van der Waals surface area contributed by atoms with Crippen LogP contribution in [0.3, 0.4) is 0 Å². The van der Waals surface area contributed by atoms with Crippen molar-refractivity contribution < 1.29 is 9.18 Å². The van der Waals surface area contributed by atoms with Crippen LogP contribution in [0, 0.1) is 12.7 Å². The highest BCUT2D eigenvalue weighted by atomic mass is 35.5. The van der Waals surface area contributed by atoms with Crippen LogP contribution in [0.15, 0.2) is 36.4 Å². The monoisotopic (exact) mass is 248 g/mol. The molecule has 0 N–H and O–H groups in total. The first-order valence-corrected chi connectivity index (χ1v) is 5.51. The Morgan fingerprint density at radius 3 is 2.65 bits per heavy atom. The van der Waals surface area contributed by atoms with Gasteiger partial charge in [-0.2, -0.15) is 0 Å². The third-order valence-corrected chi connectivity index (χ3v) is 2.87.